The quantitative estimate of drug-likeness (QED) is 0.329. The molecule has 0 saturated heterocycles. The van der Waals surface area contributed by atoms with E-state index in [2.05, 4.69) is 5.32 Å². The van der Waals surface area contributed by atoms with Gasteiger partial charge in [-0.3, -0.25) is 4.79 Å². The van der Waals surface area contributed by atoms with Crippen LogP contribution in [0.1, 0.15) is 35.2 Å². The average molecular weight is 461 g/mol. The molecule has 3 aromatic rings. The van der Waals surface area contributed by atoms with Gasteiger partial charge in [0, 0.05) is 0 Å². The summed E-state index contributed by atoms with van der Waals surface area (Å²) in [5.74, 6) is 0.346. The van der Waals surface area contributed by atoms with Crippen molar-refractivity contribution < 1.29 is 14.3 Å². The molecule has 0 aromatic heterocycles. The number of rotatable bonds is 8. The number of nitriles is 1. The Hall–Kier alpha value is -3.75. The van der Waals surface area contributed by atoms with E-state index in [1.54, 1.807) is 12.1 Å². The van der Waals surface area contributed by atoms with Gasteiger partial charge in [-0.2, -0.15) is 5.26 Å². The summed E-state index contributed by atoms with van der Waals surface area (Å²) in [6.07, 6.45) is 1.48. The van der Waals surface area contributed by atoms with E-state index in [9.17, 15) is 10.1 Å². The van der Waals surface area contributed by atoms with Crippen LogP contribution in [0.5, 0.6) is 11.5 Å². The van der Waals surface area contributed by atoms with E-state index in [4.69, 9.17) is 21.1 Å². The lowest BCUT2D eigenvalue weighted by molar-refractivity contribution is -0.117. The lowest BCUT2D eigenvalue weighted by Gasteiger charge is -2.15. The molecule has 1 amide bonds. The summed E-state index contributed by atoms with van der Waals surface area (Å²) in [5, 5.41) is 12.7. The second-order valence-electron chi connectivity index (χ2n) is 7.59. The van der Waals surface area contributed by atoms with E-state index >= 15 is 0 Å². The molecule has 1 atom stereocenters. The van der Waals surface area contributed by atoms with E-state index in [1.165, 1.54) is 13.2 Å². The largest absolute Gasteiger partial charge is 0.493 e. The Labute approximate surface area is 199 Å². The number of amides is 1. The first kappa shape index (κ1) is 23.9. The van der Waals surface area contributed by atoms with Gasteiger partial charge in [-0.25, -0.2) is 0 Å². The minimum Gasteiger partial charge on any atom is -0.493 e. The molecule has 0 spiro atoms. The zero-order valence-corrected chi connectivity index (χ0v) is 19.5. The molecule has 168 valence electrons. The van der Waals surface area contributed by atoms with Crippen LogP contribution in [-0.4, -0.2) is 13.0 Å². The zero-order valence-electron chi connectivity index (χ0n) is 18.8. The minimum atomic E-state index is -0.469. The molecule has 0 unspecified atom stereocenters. The highest BCUT2D eigenvalue weighted by molar-refractivity contribution is 6.32. The Morgan fingerprint density at radius 2 is 1.91 bits per heavy atom. The number of carbonyl (C=O) groups is 1. The molecule has 3 aromatic carbocycles. The van der Waals surface area contributed by atoms with Crippen LogP contribution in [0.25, 0.3) is 6.08 Å². The highest BCUT2D eigenvalue weighted by Gasteiger charge is 2.16. The molecule has 3 rings (SSSR count). The minimum absolute atomic E-state index is 0.0377. The Morgan fingerprint density at radius 1 is 1.15 bits per heavy atom. The molecule has 0 aliphatic carbocycles. The summed E-state index contributed by atoms with van der Waals surface area (Å²) < 4.78 is 11.4. The van der Waals surface area contributed by atoms with Crippen molar-refractivity contribution in [3.05, 3.63) is 99.6 Å². The highest BCUT2D eigenvalue weighted by atomic mass is 35.5. The number of nitrogens with one attached hydrogen (secondary N) is 1. The summed E-state index contributed by atoms with van der Waals surface area (Å²) in [6, 6.07) is 22.6. The Morgan fingerprint density at radius 3 is 2.58 bits per heavy atom. The van der Waals surface area contributed by atoms with E-state index in [0.717, 1.165) is 16.7 Å². The molecular weight excluding hydrogens is 436 g/mol. The first-order valence-corrected chi connectivity index (χ1v) is 10.8. The van der Waals surface area contributed by atoms with E-state index in [1.807, 2.05) is 74.5 Å². The first-order chi connectivity index (χ1) is 15.9. The molecule has 0 aliphatic heterocycles. The molecular formula is C27H25ClN2O3. The van der Waals surface area contributed by atoms with E-state index < -0.39 is 5.91 Å². The Balaban J connectivity index is 1.79. The van der Waals surface area contributed by atoms with Crippen molar-refractivity contribution in [2.75, 3.05) is 7.11 Å². The number of methoxy groups -OCH3 is 1. The number of hydrogen-bond donors (Lipinski definition) is 1. The van der Waals surface area contributed by atoms with Crippen LogP contribution in [0.4, 0.5) is 0 Å². The summed E-state index contributed by atoms with van der Waals surface area (Å²) in [4.78, 5) is 12.7. The third-order valence-corrected chi connectivity index (χ3v) is 5.32. The topological polar surface area (TPSA) is 71.3 Å². The third kappa shape index (κ3) is 6.38. The number of hydrogen-bond acceptors (Lipinski definition) is 4. The molecule has 0 radical (unpaired) electrons. The van der Waals surface area contributed by atoms with Gasteiger partial charge >= 0.3 is 0 Å². The second kappa shape index (κ2) is 11.2. The Kier molecular flexibility index (Phi) is 8.12. The predicted molar refractivity (Wildman–Crippen MR) is 130 cm³/mol. The number of benzene rings is 3. The average Bonchev–Trinajstić information content (AvgIpc) is 2.82. The summed E-state index contributed by atoms with van der Waals surface area (Å²) in [5.41, 5.74) is 3.61. The van der Waals surface area contributed by atoms with Crippen LogP contribution < -0.4 is 14.8 Å². The maximum atomic E-state index is 12.7. The lowest BCUT2D eigenvalue weighted by atomic mass is 10.1. The van der Waals surface area contributed by atoms with Crippen LogP contribution in [0, 0.1) is 18.3 Å². The van der Waals surface area contributed by atoms with Crippen LogP contribution in [0.15, 0.2) is 72.3 Å². The molecule has 33 heavy (non-hydrogen) atoms. The van der Waals surface area contributed by atoms with Gasteiger partial charge in [-0.15, -0.1) is 0 Å². The highest BCUT2D eigenvalue weighted by Crippen LogP contribution is 2.37. The van der Waals surface area contributed by atoms with Crippen LogP contribution in [0.3, 0.4) is 0 Å². The van der Waals surface area contributed by atoms with Gasteiger partial charge in [-0.05, 0) is 48.7 Å². The van der Waals surface area contributed by atoms with Crippen LogP contribution in [0.2, 0.25) is 5.02 Å². The van der Waals surface area contributed by atoms with Crippen LogP contribution in [-0.2, 0) is 11.4 Å². The predicted octanol–water partition coefficient (Wildman–Crippen LogP) is 6.02. The standard InChI is InChI=1S/C27H25ClN2O3/c1-18-8-7-9-20(12-18)17-33-26-24(28)14-21(15-25(26)32-3)13-23(16-29)27(31)30-19(2)22-10-5-4-6-11-22/h4-15,19H,17H2,1-3H3,(H,30,31)/b23-13-/t19-/m1/s1. The van der Waals surface area contributed by atoms with Crippen molar-refractivity contribution in [3.63, 3.8) is 0 Å². The number of ether oxygens (including phenoxy) is 2. The fourth-order valence-corrected chi connectivity index (χ4v) is 3.61. The van der Waals surface area contributed by atoms with Gasteiger partial charge in [0.1, 0.15) is 18.2 Å². The molecule has 5 nitrogen and oxygen atoms in total. The molecule has 6 heteroatoms. The monoisotopic (exact) mass is 460 g/mol. The van der Waals surface area contributed by atoms with Crippen LogP contribution >= 0.6 is 11.6 Å². The van der Waals surface area contributed by atoms with Gasteiger partial charge < -0.3 is 14.8 Å². The number of halogens is 1. The SMILES string of the molecule is COc1cc(/C=C(/C#N)C(=O)N[C@H](C)c2ccccc2)cc(Cl)c1OCc1cccc(C)c1. The summed E-state index contributed by atoms with van der Waals surface area (Å²) >= 11 is 6.46. The molecule has 0 bridgehead atoms. The summed E-state index contributed by atoms with van der Waals surface area (Å²) in [7, 11) is 1.51. The summed E-state index contributed by atoms with van der Waals surface area (Å²) in [6.45, 7) is 4.21. The maximum Gasteiger partial charge on any atom is 0.262 e. The Bertz CT molecular complexity index is 1200. The fourth-order valence-electron chi connectivity index (χ4n) is 3.34. The maximum absolute atomic E-state index is 12.7. The molecule has 0 heterocycles. The molecule has 0 aliphatic rings. The third-order valence-electron chi connectivity index (χ3n) is 5.04. The molecule has 0 fully saturated rings. The molecule has 1 N–H and O–H groups in total. The van der Waals surface area contributed by atoms with Crippen molar-refractivity contribution in [2.45, 2.75) is 26.5 Å². The zero-order chi connectivity index (χ0) is 23.8. The van der Waals surface area contributed by atoms with Crippen molar-refractivity contribution in [3.8, 4) is 17.6 Å². The van der Waals surface area contributed by atoms with Crippen molar-refractivity contribution >= 4 is 23.6 Å². The normalized spacial score (nSPS) is 11.9. The van der Waals surface area contributed by atoms with Crippen molar-refractivity contribution in [2.24, 2.45) is 0 Å². The van der Waals surface area contributed by atoms with Gasteiger partial charge in [0.15, 0.2) is 11.5 Å². The lowest BCUT2D eigenvalue weighted by Crippen LogP contribution is -2.27. The smallest absolute Gasteiger partial charge is 0.262 e. The van der Waals surface area contributed by atoms with Gasteiger partial charge in [0.05, 0.1) is 18.2 Å². The fraction of sp³-hybridized carbons (Fsp3) is 0.185. The number of nitrogens with zero attached hydrogens (tertiary/aromatic N) is 1. The first-order valence-electron chi connectivity index (χ1n) is 10.4. The van der Waals surface area contributed by atoms with Gasteiger partial charge in [-0.1, -0.05) is 71.8 Å². The van der Waals surface area contributed by atoms with Gasteiger partial charge in [0.25, 0.3) is 5.91 Å². The van der Waals surface area contributed by atoms with E-state index in [0.29, 0.717) is 28.7 Å². The van der Waals surface area contributed by atoms with Gasteiger partial charge in [0.2, 0.25) is 0 Å². The van der Waals surface area contributed by atoms with E-state index in [-0.39, 0.29) is 11.6 Å². The molecule has 0 saturated carbocycles. The number of carbonyl (C=O) groups excluding carboxylic acids is 1. The van der Waals surface area contributed by atoms with Crippen molar-refractivity contribution in [1.29, 1.82) is 5.26 Å². The number of aryl methyl sites for hydroxylation is 1. The second-order valence-corrected chi connectivity index (χ2v) is 7.99. The van der Waals surface area contributed by atoms with Crippen molar-refractivity contribution in [1.82, 2.24) is 5.32 Å².